The molecule has 0 saturated heterocycles. The lowest BCUT2D eigenvalue weighted by Gasteiger charge is -2.11. The van der Waals surface area contributed by atoms with E-state index in [1.807, 2.05) is 6.07 Å². The molecule has 2 saturated carbocycles. The molecule has 1 N–H and O–H groups in total. The van der Waals surface area contributed by atoms with E-state index in [1.54, 1.807) is 25.3 Å². The first-order chi connectivity index (χ1) is 9.26. The zero-order valence-corrected chi connectivity index (χ0v) is 11.1. The number of hydrazone groups is 1. The first-order valence-corrected chi connectivity index (χ1v) is 6.77. The zero-order valence-electron chi connectivity index (χ0n) is 11.1. The summed E-state index contributed by atoms with van der Waals surface area (Å²) in [6.07, 6.45) is 4.88. The third kappa shape index (κ3) is 2.48. The summed E-state index contributed by atoms with van der Waals surface area (Å²) in [7, 11) is 1.59. The monoisotopic (exact) mass is 258 g/mol. The van der Waals surface area contributed by atoms with E-state index < -0.39 is 0 Å². The summed E-state index contributed by atoms with van der Waals surface area (Å²) >= 11 is 0. The van der Waals surface area contributed by atoms with Gasteiger partial charge in [0.15, 0.2) is 0 Å². The number of nitrogens with zero attached hydrogens (tertiary/aromatic N) is 1. The molecule has 1 amide bonds. The SMILES string of the molecule is COc1cccc(C(=O)N/N=C2/C[C@@H]3CC[C@@H]2C3)c1. The van der Waals surface area contributed by atoms with Crippen LogP contribution in [0.5, 0.6) is 5.75 Å². The van der Waals surface area contributed by atoms with Gasteiger partial charge in [0.2, 0.25) is 0 Å². The average Bonchev–Trinajstić information content (AvgIpc) is 3.07. The normalized spacial score (nSPS) is 26.7. The molecule has 4 nitrogen and oxygen atoms in total. The quantitative estimate of drug-likeness (QED) is 0.847. The van der Waals surface area contributed by atoms with Crippen LogP contribution >= 0.6 is 0 Å². The molecule has 0 unspecified atom stereocenters. The molecule has 100 valence electrons. The molecular weight excluding hydrogens is 240 g/mol. The van der Waals surface area contributed by atoms with Gasteiger partial charge >= 0.3 is 0 Å². The Morgan fingerprint density at radius 1 is 1.42 bits per heavy atom. The highest BCUT2D eigenvalue weighted by Crippen LogP contribution is 2.42. The molecule has 0 radical (unpaired) electrons. The van der Waals surface area contributed by atoms with Crippen molar-refractivity contribution in [2.75, 3.05) is 7.11 Å². The number of methoxy groups -OCH3 is 1. The number of nitrogens with one attached hydrogen (secondary N) is 1. The Labute approximate surface area is 112 Å². The predicted octanol–water partition coefficient (Wildman–Crippen LogP) is 2.60. The van der Waals surface area contributed by atoms with Crippen molar-refractivity contribution in [1.82, 2.24) is 5.43 Å². The van der Waals surface area contributed by atoms with Crippen LogP contribution in [0, 0.1) is 11.8 Å². The van der Waals surface area contributed by atoms with Crippen LogP contribution in [-0.4, -0.2) is 18.7 Å². The fraction of sp³-hybridized carbons (Fsp3) is 0.467. The Hall–Kier alpha value is -1.84. The van der Waals surface area contributed by atoms with Crippen molar-refractivity contribution in [3.05, 3.63) is 29.8 Å². The van der Waals surface area contributed by atoms with E-state index in [4.69, 9.17) is 4.74 Å². The molecule has 0 aliphatic heterocycles. The highest BCUT2D eigenvalue weighted by atomic mass is 16.5. The minimum atomic E-state index is -0.172. The summed E-state index contributed by atoms with van der Waals surface area (Å²) in [5.41, 5.74) is 4.42. The summed E-state index contributed by atoms with van der Waals surface area (Å²) in [6.45, 7) is 0. The van der Waals surface area contributed by atoms with Crippen molar-refractivity contribution >= 4 is 11.6 Å². The molecule has 1 aromatic carbocycles. The average molecular weight is 258 g/mol. The van der Waals surface area contributed by atoms with Crippen LogP contribution < -0.4 is 10.2 Å². The minimum absolute atomic E-state index is 0.172. The Morgan fingerprint density at radius 3 is 3.00 bits per heavy atom. The van der Waals surface area contributed by atoms with E-state index in [0.29, 0.717) is 17.2 Å². The van der Waals surface area contributed by atoms with Crippen LogP contribution in [0.2, 0.25) is 0 Å². The fourth-order valence-electron chi connectivity index (χ4n) is 3.11. The van der Waals surface area contributed by atoms with Gasteiger partial charge < -0.3 is 4.74 Å². The first kappa shape index (κ1) is 12.2. The molecule has 2 fully saturated rings. The molecule has 2 bridgehead atoms. The summed E-state index contributed by atoms with van der Waals surface area (Å²) in [4.78, 5) is 12.0. The number of rotatable bonds is 3. The topological polar surface area (TPSA) is 50.7 Å². The number of hydrogen-bond acceptors (Lipinski definition) is 3. The number of amides is 1. The Morgan fingerprint density at radius 2 is 2.32 bits per heavy atom. The lowest BCUT2D eigenvalue weighted by molar-refractivity contribution is 0.0954. The smallest absolute Gasteiger partial charge is 0.271 e. The first-order valence-electron chi connectivity index (χ1n) is 6.77. The maximum Gasteiger partial charge on any atom is 0.271 e. The number of hydrogen-bond donors (Lipinski definition) is 1. The van der Waals surface area contributed by atoms with Crippen molar-refractivity contribution in [1.29, 1.82) is 0 Å². The summed E-state index contributed by atoms with van der Waals surface area (Å²) in [5, 5.41) is 4.31. The molecule has 2 aliphatic carbocycles. The summed E-state index contributed by atoms with van der Waals surface area (Å²) < 4.78 is 5.11. The number of fused-ring (bicyclic) bond motifs is 2. The third-order valence-corrected chi connectivity index (χ3v) is 4.14. The maximum atomic E-state index is 12.0. The molecule has 19 heavy (non-hydrogen) atoms. The van der Waals surface area contributed by atoms with Crippen molar-refractivity contribution in [3.63, 3.8) is 0 Å². The van der Waals surface area contributed by atoms with Gasteiger partial charge in [0.25, 0.3) is 5.91 Å². The van der Waals surface area contributed by atoms with Crippen molar-refractivity contribution in [2.45, 2.75) is 25.7 Å². The van der Waals surface area contributed by atoms with Gasteiger partial charge in [-0.2, -0.15) is 5.10 Å². The molecule has 0 aromatic heterocycles. The Balaban J connectivity index is 1.66. The number of ether oxygens (including phenoxy) is 1. The predicted molar refractivity (Wildman–Crippen MR) is 73.3 cm³/mol. The van der Waals surface area contributed by atoms with Crippen LogP contribution in [0.15, 0.2) is 29.4 Å². The lowest BCUT2D eigenvalue weighted by atomic mass is 9.99. The van der Waals surface area contributed by atoms with Crippen molar-refractivity contribution in [3.8, 4) is 5.75 Å². The molecular formula is C15H18N2O2. The molecule has 4 heteroatoms. The number of carbonyl (C=O) groups is 1. The van der Waals surface area contributed by atoms with Crippen molar-refractivity contribution < 1.29 is 9.53 Å². The van der Waals surface area contributed by atoms with Crippen LogP contribution in [0.25, 0.3) is 0 Å². The van der Waals surface area contributed by atoms with E-state index in [9.17, 15) is 4.79 Å². The zero-order chi connectivity index (χ0) is 13.2. The van der Waals surface area contributed by atoms with Gasteiger partial charge in [0, 0.05) is 11.3 Å². The Kier molecular flexibility index (Phi) is 3.23. The van der Waals surface area contributed by atoms with E-state index in [1.165, 1.54) is 25.0 Å². The second kappa shape index (κ2) is 5.03. The highest BCUT2D eigenvalue weighted by molar-refractivity contribution is 5.96. The van der Waals surface area contributed by atoms with Gasteiger partial charge in [0.05, 0.1) is 7.11 Å². The van der Waals surface area contributed by atoms with E-state index in [0.717, 1.165) is 12.3 Å². The molecule has 0 heterocycles. The largest absolute Gasteiger partial charge is 0.497 e. The van der Waals surface area contributed by atoms with Gasteiger partial charge in [0.1, 0.15) is 5.75 Å². The van der Waals surface area contributed by atoms with Crippen LogP contribution in [-0.2, 0) is 0 Å². The van der Waals surface area contributed by atoms with E-state index >= 15 is 0 Å². The van der Waals surface area contributed by atoms with E-state index in [2.05, 4.69) is 10.5 Å². The highest BCUT2D eigenvalue weighted by Gasteiger charge is 2.36. The summed E-state index contributed by atoms with van der Waals surface area (Å²) in [6, 6.07) is 7.10. The maximum absolute atomic E-state index is 12.0. The minimum Gasteiger partial charge on any atom is -0.497 e. The summed E-state index contributed by atoms with van der Waals surface area (Å²) in [5.74, 6) is 1.92. The third-order valence-electron chi connectivity index (χ3n) is 4.14. The second-order valence-corrected chi connectivity index (χ2v) is 5.36. The van der Waals surface area contributed by atoms with Crippen molar-refractivity contribution in [2.24, 2.45) is 16.9 Å². The standard InChI is InChI=1S/C15H18N2O2/c1-19-13-4-2-3-12(9-13)15(18)17-16-14-8-10-5-6-11(14)7-10/h2-4,9-11H,5-8H2,1H3,(H,17,18)/b16-14-/t10-,11-/m1/s1. The van der Waals surface area contributed by atoms with Crippen LogP contribution in [0.4, 0.5) is 0 Å². The lowest BCUT2D eigenvalue weighted by Crippen LogP contribution is -2.21. The number of carbonyl (C=O) groups excluding carboxylic acids is 1. The van der Waals surface area contributed by atoms with Gasteiger partial charge in [-0.3, -0.25) is 4.79 Å². The molecule has 2 atom stereocenters. The molecule has 1 aromatic rings. The second-order valence-electron chi connectivity index (χ2n) is 5.36. The van der Waals surface area contributed by atoms with E-state index in [-0.39, 0.29) is 5.91 Å². The molecule has 3 rings (SSSR count). The van der Waals surface area contributed by atoms with Gasteiger partial charge in [-0.05, 0) is 55.7 Å². The fourth-order valence-corrected chi connectivity index (χ4v) is 3.11. The van der Waals surface area contributed by atoms with Crippen LogP contribution in [0.3, 0.4) is 0 Å². The van der Waals surface area contributed by atoms with Gasteiger partial charge in [-0.25, -0.2) is 5.43 Å². The van der Waals surface area contributed by atoms with Gasteiger partial charge in [-0.15, -0.1) is 0 Å². The molecule has 2 aliphatic rings. The number of benzene rings is 1. The van der Waals surface area contributed by atoms with Crippen LogP contribution in [0.1, 0.15) is 36.0 Å². The molecule has 0 spiro atoms. The van der Waals surface area contributed by atoms with Gasteiger partial charge in [-0.1, -0.05) is 6.07 Å². The Bertz CT molecular complexity index is 525.